The number of unbranched alkanes of at least 4 members (excludes halogenated alkanes) is 5. The van der Waals surface area contributed by atoms with Crippen molar-refractivity contribution in [2.75, 3.05) is 91.6 Å². The highest BCUT2D eigenvalue weighted by atomic mass is 28.4. The molecule has 2 rings (SSSR count). The minimum Gasteiger partial charge on any atom is -0.481 e. The van der Waals surface area contributed by atoms with Crippen molar-refractivity contribution >= 4 is 96.9 Å². The molecule has 1 aromatic rings. The highest BCUT2D eigenvalue weighted by molar-refractivity contribution is 6.90. The summed E-state index contributed by atoms with van der Waals surface area (Å²) in [7, 11) is -3.74. The number of urea groups is 1. The molecule has 0 saturated carbocycles. The molecule has 1 saturated heterocycles. The maximum atomic E-state index is 17.1. The van der Waals surface area contributed by atoms with Gasteiger partial charge in [0.05, 0.1) is 19.6 Å². The Kier molecular flexibility index (Phi) is 37.7. The van der Waals surface area contributed by atoms with E-state index in [9.17, 15) is 103 Å². The quantitative estimate of drug-likeness (QED) is 0.0245. The molecule has 5 atom stereocenters. The van der Waals surface area contributed by atoms with Crippen LogP contribution in [0, 0.1) is 0 Å². The number of nitrogens with zero attached hydrogens (tertiary/aromatic N) is 4. The van der Waals surface area contributed by atoms with Crippen LogP contribution in [-0.2, 0) is 57.5 Å². The number of carboxylic acid groups (broad SMARTS) is 8. The zero-order valence-electron chi connectivity index (χ0n) is 56.9. The van der Waals surface area contributed by atoms with Crippen LogP contribution < -0.4 is 42.4 Å². The fourth-order valence-corrected chi connectivity index (χ4v) is 16.0. The molecule has 0 unspecified atom stereocenters. The molecule has 98 heavy (non-hydrogen) atoms. The number of hydrogen-bond acceptors (Lipinski definition) is 18. The van der Waals surface area contributed by atoms with Gasteiger partial charge in [-0.25, -0.2) is 19.2 Å². The standard InChI is InChI=1S/C63H102FN11O22Si/c1-62(2,3)98(64,63(4,5)6)42-21-19-41(20-22-42)55(87)67-37-46(68-50(78)25-24-47(60(95)96)75-35-33-73(39-53(83)84)31-29-72(38-52(81)82)30-32-74(34-36-75)40-54(85)86)56(88)69-43(57(89)90)15-11-13-27-65-48(76)17-9-7-8-10-18-49(77)66-28-14-12-16-44(58(91)92)70-61(97)71-45(59(93)94)23-26-51(79)80/h19-22,43-47H,7-18,23-40H2,1-6H3,(H,65,76)(H,66,77)(H,67,87)(H,68,78)(H,69,88)(H,79,80)(H,81,82)(H,83,84)(H,85,86)(H,89,90)(H,91,92)(H,93,94)(H,95,96)(H2,70,71,97)/t43-,44+,45+,46-,47-/m1/s1. The van der Waals surface area contributed by atoms with Crippen LogP contribution in [0.25, 0.3) is 0 Å². The number of carboxylic acids is 8. The maximum absolute atomic E-state index is 17.1. The van der Waals surface area contributed by atoms with Crippen molar-refractivity contribution in [2.24, 2.45) is 0 Å². The van der Waals surface area contributed by atoms with Gasteiger partial charge < -0.3 is 82.2 Å². The van der Waals surface area contributed by atoms with E-state index in [2.05, 4.69) is 31.9 Å². The molecule has 35 heteroatoms. The van der Waals surface area contributed by atoms with Crippen LogP contribution in [0.2, 0.25) is 10.1 Å². The van der Waals surface area contributed by atoms with Crippen molar-refractivity contribution in [3.8, 4) is 0 Å². The molecule has 1 heterocycles. The van der Waals surface area contributed by atoms with Gasteiger partial charge >= 0.3 is 53.8 Å². The van der Waals surface area contributed by atoms with Crippen molar-refractivity contribution in [1.82, 2.24) is 56.8 Å². The van der Waals surface area contributed by atoms with Gasteiger partial charge in [0, 0.05) is 103 Å². The largest absolute Gasteiger partial charge is 0.481 e. The van der Waals surface area contributed by atoms with E-state index in [1.165, 1.54) is 43.9 Å². The number of amides is 7. The third kappa shape index (κ3) is 32.8. The molecule has 1 fully saturated rings. The number of benzene rings is 1. The lowest BCUT2D eigenvalue weighted by Crippen LogP contribution is -2.58. The van der Waals surface area contributed by atoms with E-state index in [1.807, 2.05) is 46.9 Å². The normalized spacial score (nSPS) is 15.6. The van der Waals surface area contributed by atoms with E-state index >= 15 is 4.11 Å². The van der Waals surface area contributed by atoms with E-state index in [0.717, 1.165) is 0 Å². The van der Waals surface area contributed by atoms with Crippen molar-refractivity contribution < 1.29 is 112 Å². The lowest BCUT2D eigenvalue weighted by molar-refractivity contribution is -0.145. The van der Waals surface area contributed by atoms with Crippen LogP contribution in [0.1, 0.15) is 155 Å². The van der Waals surface area contributed by atoms with Gasteiger partial charge in [0.2, 0.25) is 23.6 Å². The monoisotopic (exact) mass is 1410 g/mol. The highest BCUT2D eigenvalue weighted by Crippen LogP contribution is 2.51. The minimum atomic E-state index is -3.74. The molecule has 0 radical (unpaired) electrons. The average molecular weight is 1410 g/mol. The molecule has 15 N–H and O–H groups in total. The van der Waals surface area contributed by atoms with Crippen LogP contribution >= 0.6 is 0 Å². The van der Waals surface area contributed by atoms with Gasteiger partial charge in [-0.1, -0.05) is 66.5 Å². The third-order valence-corrected chi connectivity index (χ3v) is 21.8. The van der Waals surface area contributed by atoms with Crippen LogP contribution in [0.5, 0.6) is 0 Å². The summed E-state index contributed by atoms with van der Waals surface area (Å²) >= 11 is 0. The first kappa shape index (κ1) is 85.7. The molecule has 33 nitrogen and oxygen atoms in total. The second-order valence-electron chi connectivity index (χ2n) is 26.3. The van der Waals surface area contributed by atoms with Crippen LogP contribution in [0.15, 0.2) is 24.3 Å². The van der Waals surface area contributed by atoms with Gasteiger partial charge in [0.1, 0.15) is 30.2 Å². The summed E-state index contributed by atoms with van der Waals surface area (Å²) in [6, 6.07) is -2.70. The fraction of sp³-hybridized carbons (Fsp3) is 0.683. The molecule has 1 aromatic carbocycles. The number of halogens is 1. The van der Waals surface area contributed by atoms with Gasteiger partial charge in [0.25, 0.3) is 14.3 Å². The summed E-state index contributed by atoms with van der Waals surface area (Å²) in [6.07, 6.45) is 1.63. The van der Waals surface area contributed by atoms with Gasteiger partial charge in [-0.15, -0.1) is 0 Å². The van der Waals surface area contributed by atoms with Crippen LogP contribution in [0.4, 0.5) is 8.90 Å². The Hall–Kier alpha value is -8.41. The number of aliphatic carboxylic acids is 8. The van der Waals surface area contributed by atoms with E-state index in [1.54, 1.807) is 0 Å². The number of rotatable bonds is 43. The smallest absolute Gasteiger partial charge is 0.326 e. The zero-order valence-corrected chi connectivity index (χ0v) is 57.9. The molecule has 1 aliphatic rings. The average Bonchev–Trinajstić information content (AvgIpc) is 0.749. The molecule has 0 aromatic heterocycles. The second-order valence-corrected chi connectivity index (χ2v) is 31.2. The molecule has 0 bridgehead atoms. The number of carbonyl (C=O) groups excluding carboxylic acids is 6. The Balaban J connectivity index is 2.09. The van der Waals surface area contributed by atoms with Crippen LogP contribution in [0.3, 0.4) is 0 Å². The Morgan fingerprint density at radius 1 is 0.429 bits per heavy atom. The SMILES string of the molecule is CC(C)(C)[Si](F)(c1ccc(C(=O)NC[C@@H](NC(=O)CC[C@H](C(=O)O)N2CCN(CC(=O)O)CCN(CC(=O)O)CCN(CC(=O)O)CC2)C(=O)N[C@H](CCCCNC(=O)CCCCCCC(=O)NCCCC[C@H](NC(=O)N[C@@H](CCC(=O)O)C(=O)O)C(=O)O)C(=O)O)cc1)C(C)(C)C. The summed E-state index contributed by atoms with van der Waals surface area (Å²) in [6.45, 7) is 9.34. The summed E-state index contributed by atoms with van der Waals surface area (Å²) in [4.78, 5) is 180. The topological polar surface area (TPSA) is 498 Å². The molecule has 552 valence electrons. The predicted octanol–water partition coefficient (Wildman–Crippen LogP) is 0.886. The molecule has 7 amide bonds. The third-order valence-electron chi connectivity index (χ3n) is 16.6. The van der Waals surface area contributed by atoms with Crippen LogP contribution in [-0.4, -0.2) is 274 Å². The Labute approximate surface area is 569 Å². The fourth-order valence-electron chi connectivity index (χ4n) is 11.4. The van der Waals surface area contributed by atoms with Crippen molar-refractivity contribution in [2.45, 2.75) is 185 Å². The number of nitrogens with one attached hydrogen (secondary N) is 7. The Bertz CT molecular complexity index is 2820. The maximum Gasteiger partial charge on any atom is 0.326 e. The van der Waals surface area contributed by atoms with Gasteiger partial charge in [-0.2, -0.15) is 0 Å². The first-order chi connectivity index (χ1) is 45.8. The summed E-state index contributed by atoms with van der Waals surface area (Å²) < 4.78 is 17.1. The molecular weight excluding hydrogens is 1310 g/mol. The van der Waals surface area contributed by atoms with Gasteiger partial charge in [-0.05, 0) is 91.6 Å². The van der Waals surface area contributed by atoms with E-state index in [4.69, 9.17) is 5.11 Å². The van der Waals surface area contributed by atoms with Crippen molar-refractivity contribution in [3.63, 3.8) is 0 Å². The Morgan fingerprint density at radius 2 is 0.837 bits per heavy atom. The molecule has 0 aliphatic carbocycles. The number of hydrogen-bond donors (Lipinski definition) is 15. The van der Waals surface area contributed by atoms with Crippen molar-refractivity contribution in [3.05, 3.63) is 29.8 Å². The molecule has 1 aliphatic heterocycles. The first-order valence-corrected chi connectivity index (χ1v) is 34.7. The predicted molar refractivity (Wildman–Crippen MR) is 353 cm³/mol. The van der Waals surface area contributed by atoms with Gasteiger partial charge in [0.15, 0.2) is 0 Å². The lowest BCUT2D eigenvalue weighted by Gasteiger charge is -2.44. The molecular formula is C63H102FN11O22Si. The summed E-state index contributed by atoms with van der Waals surface area (Å²) in [5.41, 5.74) is 0.0719. The van der Waals surface area contributed by atoms with Crippen molar-refractivity contribution in [1.29, 1.82) is 0 Å². The molecule has 0 spiro atoms. The van der Waals surface area contributed by atoms with E-state index in [-0.39, 0.29) is 128 Å². The number of carbonyl (C=O) groups is 14. The van der Waals surface area contributed by atoms with E-state index < -0.39 is 172 Å². The van der Waals surface area contributed by atoms with Gasteiger partial charge in [-0.3, -0.25) is 67.5 Å². The summed E-state index contributed by atoms with van der Waals surface area (Å²) in [5.74, 6) is -13.7. The highest BCUT2D eigenvalue weighted by Gasteiger charge is 2.56. The summed E-state index contributed by atoms with van der Waals surface area (Å²) in [5, 5.41) is 93.3. The zero-order chi connectivity index (χ0) is 73.9. The lowest BCUT2D eigenvalue weighted by atomic mass is 10.1. The van der Waals surface area contributed by atoms with E-state index in [0.29, 0.717) is 37.3 Å². The second kappa shape index (κ2) is 43.1. The Morgan fingerprint density at radius 3 is 1.22 bits per heavy atom. The first-order valence-electron chi connectivity index (χ1n) is 32.8. The minimum absolute atomic E-state index is 0.0299.